The van der Waals surface area contributed by atoms with Gasteiger partial charge in [0.1, 0.15) is 5.82 Å². The number of nitrogens with zero attached hydrogens (tertiary/aromatic N) is 3. The SMILES string of the molecule is Cc1cc(CNc2ccn(C)n2)c(C)n1-c1ccccc1. The highest BCUT2D eigenvalue weighted by atomic mass is 15.3. The Kier molecular flexibility index (Phi) is 3.52. The molecular weight excluding hydrogens is 260 g/mol. The topological polar surface area (TPSA) is 34.8 Å². The lowest BCUT2D eigenvalue weighted by atomic mass is 10.2. The van der Waals surface area contributed by atoms with Crippen LogP contribution in [0, 0.1) is 13.8 Å². The number of rotatable bonds is 4. The van der Waals surface area contributed by atoms with Crippen molar-refractivity contribution in [2.45, 2.75) is 20.4 Å². The first kappa shape index (κ1) is 13.5. The maximum Gasteiger partial charge on any atom is 0.148 e. The molecule has 108 valence electrons. The number of nitrogens with one attached hydrogen (secondary N) is 1. The number of aromatic nitrogens is 3. The molecule has 3 rings (SSSR count). The Labute approximate surface area is 125 Å². The first-order chi connectivity index (χ1) is 10.1. The molecule has 4 nitrogen and oxygen atoms in total. The molecule has 2 aromatic heterocycles. The molecule has 0 saturated carbocycles. The fraction of sp³-hybridized carbons (Fsp3) is 0.235. The van der Waals surface area contributed by atoms with Crippen molar-refractivity contribution in [1.29, 1.82) is 0 Å². The van der Waals surface area contributed by atoms with Crippen LogP contribution in [-0.2, 0) is 13.6 Å². The first-order valence-electron chi connectivity index (χ1n) is 7.12. The molecule has 0 fully saturated rings. The molecule has 2 heterocycles. The van der Waals surface area contributed by atoms with Crippen LogP contribution >= 0.6 is 0 Å². The molecular formula is C17H20N4. The minimum Gasteiger partial charge on any atom is -0.364 e. The summed E-state index contributed by atoms with van der Waals surface area (Å²) in [6.45, 7) is 5.09. The Hall–Kier alpha value is -2.49. The van der Waals surface area contributed by atoms with Crippen molar-refractivity contribution in [2.75, 3.05) is 5.32 Å². The molecule has 1 N–H and O–H groups in total. The fourth-order valence-electron chi connectivity index (χ4n) is 2.68. The summed E-state index contributed by atoms with van der Waals surface area (Å²) in [5.74, 6) is 0.905. The summed E-state index contributed by atoms with van der Waals surface area (Å²) in [5, 5.41) is 7.71. The van der Waals surface area contributed by atoms with Gasteiger partial charge in [-0.05, 0) is 37.6 Å². The summed E-state index contributed by atoms with van der Waals surface area (Å²) >= 11 is 0. The molecule has 0 bridgehead atoms. The largest absolute Gasteiger partial charge is 0.364 e. The van der Waals surface area contributed by atoms with E-state index in [0.717, 1.165) is 12.4 Å². The van der Waals surface area contributed by atoms with Gasteiger partial charge in [0, 0.05) is 42.9 Å². The molecule has 0 unspecified atom stereocenters. The zero-order chi connectivity index (χ0) is 14.8. The van der Waals surface area contributed by atoms with E-state index in [4.69, 9.17) is 0 Å². The van der Waals surface area contributed by atoms with Crippen LogP contribution in [0.5, 0.6) is 0 Å². The third-order valence-corrected chi connectivity index (χ3v) is 3.72. The first-order valence-corrected chi connectivity index (χ1v) is 7.12. The Morgan fingerprint density at radius 3 is 2.52 bits per heavy atom. The van der Waals surface area contributed by atoms with Crippen LogP contribution in [-0.4, -0.2) is 14.3 Å². The van der Waals surface area contributed by atoms with Crippen LogP contribution in [0.25, 0.3) is 5.69 Å². The van der Waals surface area contributed by atoms with Crippen molar-refractivity contribution in [3.63, 3.8) is 0 Å². The summed E-state index contributed by atoms with van der Waals surface area (Å²) in [5.41, 5.74) is 5.01. The van der Waals surface area contributed by atoms with Gasteiger partial charge in [0.2, 0.25) is 0 Å². The van der Waals surface area contributed by atoms with E-state index in [-0.39, 0.29) is 0 Å². The number of para-hydroxylation sites is 1. The summed E-state index contributed by atoms with van der Waals surface area (Å²) in [4.78, 5) is 0. The van der Waals surface area contributed by atoms with Crippen LogP contribution in [0.15, 0.2) is 48.7 Å². The number of aryl methyl sites for hydroxylation is 2. The molecule has 0 amide bonds. The third-order valence-electron chi connectivity index (χ3n) is 3.72. The third kappa shape index (κ3) is 2.70. The second-order valence-electron chi connectivity index (χ2n) is 5.30. The van der Waals surface area contributed by atoms with Gasteiger partial charge in [-0.25, -0.2) is 0 Å². The zero-order valence-corrected chi connectivity index (χ0v) is 12.7. The molecule has 3 aromatic rings. The molecule has 0 aliphatic carbocycles. The van der Waals surface area contributed by atoms with Crippen molar-refractivity contribution in [3.8, 4) is 5.69 Å². The predicted octanol–water partition coefficient (Wildman–Crippen LogP) is 3.44. The van der Waals surface area contributed by atoms with Gasteiger partial charge in [-0.1, -0.05) is 18.2 Å². The van der Waals surface area contributed by atoms with E-state index < -0.39 is 0 Å². The van der Waals surface area contributed by atoms with Gasteiger partial charge in [-0.3, -0.25) is 4.68 Å². The number of benzene rings is 1. The normalized spacial score (nSPS) is 10.8. The van der Waals surface area contributed by atoms with Gasteiger partial charge in [0.05, 0.1) is 0 Å². The van der Waals surface area contributed by atoms with Crippen LogP contribution in [0.2, 0.25) is 0 Å². The average molecular weight is 280 g/mol. The highest BCUT2D eigenvalue weighted by molar-refractivity contribution is 5.42. The summed E-state index contributed by atoms with van der Waals surface area (Å²) in [6.07, 6.45) is 1.94. The molecule has 0 aliphatic heterocycles. The maximum atomic E-state index is 4.34. The Bertz CT molecular complexity index is 737. The van der Waals surface area contributed by atoms with Crippen molar-refractivity contribution in [1.82, 2.24) is 14.3 Å². The Morgan fingerprint density at radius 2 is 1.86 bits per heavy atom. The van der Waals surface area contributed by atoms with Crippen molar-refractivity contribution >= 4 is 5.82 Å². The molecule has 21 heavy (non-hydrogen) atoms. The molecule has 0 atom stereocenters. The summed E-state index contributed by atoms with van der Waals surface area (Å²) in [7, 11) is 1.92. The van der Waals surface area contributed by atoms with Crippen molar-refractivity contribution in [2.24, 2.45) is 7.05 Å². The Balaban J connectivity index is 1.84. The minimum absolute atomic E-state index is 0.781. The molecule has 0 saturated heterocycles. The minimum atomic E-state index is 0.781. The van der Waals surface area contributed by atoms with E-state index in [1.54, 1.807) is 4.68 Å². The summed E-state index contributed by atoms with van der Waals surface area (Å²) in [6, 6.07) is 14.7. The average Bonchev–Trinajstić information content (AvgIpc) is 3.01. The van der Waals surface area contributed by atoms with Crippen LogP contribution in [0.3, 0.4) is 0 Å². The van der Waals surface area contributed by atoms with Gasteiger partial charge in [-0.15, -0.1) is 0 Å². The molecule has 4 heteroatoms. The highest BCUT2D eigenvalue weighted by Crippen LogP contribution is 2.21. The number of hydrogen-bond acceptors (Lipinski definition) is 2. The monoisotopic (exact) mass is 280 g/mol. The van der Waals surface area contributed by atoms with Crippen LogP contribution in [0.1, 0.15) is 17.0 Å². The lowest BCUT2D eigenvalue weighted by Crippen LogP contribution is -2.03. The lowest BCUT2D eigenvalue weighted by Gasteiger charge is -2.10. The van der Waals surface area contributed by atoms with Gasteiger partial charge in [0.25, 0.3) is 0 Å². The van der Waals surface area contributed by atoms with Gasteiger partial charge in [-0.2, -0.15) is 5.10 Å². The van der Waals surface area contributed by atoms with Crippen LogP contribution < -0.4 is 5.32 Å². The number of hydrogen-bond donors (Lipinski definition) is 1. The van der Waals surface area contributed by atoms with E-state index in [0.29, 0.717) is 0 Å². The number of anilines is 1. The second kappa shape index (κ2) is 5.48. The van der Waals surface area contributed by atoms with Crippen molar-refractivity contribution < 1.29 is 0 Å². The lowest BCUT2D eigenvalue weighted by molar-refractivity contribution is 0.768. The van der Waals surface area contributed by atoms with Gasteiger partial charge < -0.3 is 9.88 Å². The molecule has 1 aromatic carbocycles. The van der Waals surface area contributed by atoms with Gasteiger partial charge in [0.15, 0.2) is 0 Å². The fourth-order valence-corrected chi connectivity index (χ4v) is 2.68. The zero-order valence-electron chi connectivity index (χ0n) is 12.7. The van der Waals surface area contributed by atoms with E-state index in [9.17, 15) is 0 Å². The van der Waals surface area contributed by atoms with Crippen LogP contribution in [0.4, 0.5) is 5.82 Å². The standard InChI is InChI=1S/C17H20N4/c1-13-11-15(12-18-17-9-10-20(3)19-17)14(2)21(13)16-7-5-4-6-8-16/h4-11H,12H2,1-3H3,(H,18,19). The van der Waals surface area contributed by atoms with E-state index in [2.05, 4.69) is 59.2 Å². The Morgan fingerprint density at radius 1 is 1.10 bits per heavy atom. The smallest absolute Gasteiger partial charge is 0.148 e. The molecule has 0 spiro atoms. The molecule has 0 radical (unpaired) electrons. The second-order valence-corrected chi connectivity index (χ2v) is 5.30. The van der Waals surface area contributed by atoms with Gasteiger partial charge >= 0.3 is 0 Å². The maximum absolute atomic E-state index is 4.34. The highest BCUT2D eigenvalue weighted by Gasteiger charge is 2.10. The predicted molar refractivity (Wildman–Crippen MR) is 85.8 cm³/mol. The summed E-state index contributed by atoms with van der Waals surface area (Å²) < 4.78 is 4.09. The van der Waals surface area contributed by atoms with E-state index in [1.807, 2.05) is 25.4 Å². The quantitative estimate of drug-likeness (QED) is 0.794. The molecule has 0 aliphatic rings. The van der Waals surface area contributed by atoms with Crippen molar-refractivity contribution in [3.05, 3.63) is 65.6 Å². The van der Waals surface area contributed by atoms with E-state index in [1.165, 1.54) is 22.6 Å². The van der Waals surface area contributed by atoms with E-state index >= 15 is 0 Å².